The lowest BCUT2D eigenvalue weighted by Gasteiger charge is -2.04. The summed E-state index contributed by atoms with van der Waals surface area (Å²) in [7, 11) is 1.57. The van der Waals surface area contributed by atoms with Gasteiger partial charge in [0.15, 0.2) is 11.5 Å². The van der Waals surface area contributed by atoms with Crippen LogP contribution in [0.5, 0.6) is 17.2 Å². The summed E-state index contributed by atoms with van der Waals surface area (Å²) < 4.78 is 15.4. The molecule has 0 radical (unpaired) electrons. The standard InChI is InChI=1S/C10H8O3/c1-3-7-4-9-10(13-6-12-9)5-8(7)11-2/h1,4-5H,6H2,2H3. The Morgan fingerprint density at radius 1 is 1.38 bits per heavy atom. The number of fused-ring (bicyclic) bond motifs is 1. The molecule has 0 atom stereocenters. The van der Waals surface area contributed by atoms with Gasteiger partial charge in [-0.05, 0) is 0 Å². The molecule has 0 N–H and O–H groups in total. The fraction of sp³-hybridized carbons (Fsp3) is 0.200. The highest BCUT2D eigenvalue weighted by Crippen LogP contribution is 2.37. The van der Waals surface area contributed by atoms with Gasteiger partial charge >= 0.3 is 0 Å². The largest absolute Gasteiger partial charge is 0.495 e. The minimum atomic E-state index is 0.243. The Hall–Kier alpha value is -1.82. The van der Waals surface area contributed by atoms with Crippen LogP contribution in [0.25, 0.3) is 0 Å². The van der Waals surface area contributed by atoms with Crippen molar-refractivity contribution in [3.8, 4) is 29.6 Å². The van der Waals surface area contributed by atoms with Crippen LogP contribution >= 0.6 is 0 Å². The molecule has 0 aliphatic carbocycles. The van der Waals surface area contributed by atoms with Gasteiger partial charge in [-0.1, -0.05) is 5.92 Å². The van der Waals surface area contributed by atoms with Gasteiger partial charge < -0.3 is 14.2 Å². The molecular weight excluding hydrogens is 168 g/mol. The van der Waals surface area contributed by atoms with Gasteiger partial charge in [0.05, 0.1) is 12.7 Å². The van der Waals surface area contributed by atoms with Crippen molar-refractivity contribution in [1.29, 1.82) is 0 Å². The first-order valence-electron chi connectivity index (χ1n) is 3.79. The van der Waals surface area contributed by atoms with Gasteiger partial charge in [0.2, 0.25) is 6.79 Å². The zero-order chi connectivity index (χ0) is 9.26. The molecule has 0 aromatic heterocycles. The van der Waals surface area contributed by atoms with Crippen molar-refractivity contribution in [1.82, 2.24) is 0 Å². The molecular formula is C10H8O3. The van der Waals surface area contributed by atoms with Crippen molar-refractivity contribution in [2.75, 3.05) is 13.9 Å². The third kappa shape index (κ3) is 1.17. The SMILES string of the molecule is C#Cc1cc2c(cc1OC)OCO2. The number of benzene rings is 1. The van der Waals surface area contributed by atoms with Crippen LogP contribution in [0.1, 0.15) is 5.56 Å². The fourth-order valence-corrected chi connectivity index (χ4v) is 1.21. The molecule has 3 heteroatoms. The van der Waals surface area contributed by atoms with Gasteiger partial charge in [-0.2, -0.15) is 0 Å². The van der Waals surface area contributed by atoms with Crippen LogP contribution in [0.15, 0.2) is 12.1 Å². The topological polar surface area (TPSA) is 27.7 Å². The van der Waals surface area contributed by atoms with Crippen LogP contribution in [0.3, 0.4) is 0 Å². The maximum Gasteiger partial charge on any atom is 0.231 e. The smallest absolute Gasteiger partial charge is 0.231 e. The number of hydrogen-bond acceptors (Lipinski definition) is 3. The second kappa shape index (κ2) is 2.91. The Morgan fingerprint density at radius 2 is 2.08 bits per heavy atom. The molecule has 0 fully saturated rings. The van der Waals surface area contributed by atoms with E-state index in [1.54, 1.807) is 19.2 Å². The molecule has 0 unspecified atom stereocenters. The maximum absolute atomic E-state index is 5.29. The predicted octanol–water partition coefficient (Wildman–Crippen LogP) is 1.41. The second-order valence-electron chi connectivity index (χ2n) is 2.55. The molecule has 66 valence electrons. The van der Waals surface area contributed by atoms with E-state index in [1.807, 2.05) is 0 Å². The van der Waals surface area contributed by atoms with Crippen LogP contribution in [-0.4, -0.2) is 13.9 Å². The van der Waals surface area contributed by atoms with Crippen molar-refractivity contribution in [2.24, 2.45) is 0 Å². The van der Waals surface area contributed by atoms with Gasteiger partial charge in [-0.3, -0.25) is 0 Å². The highest BCUT2D eigenvalue weighted by molar-refractivity contribution is 5.56. The molecule has 1 aromatic carbocycles. The first-order chi connectivity index (χ1) is 6.35. The summed E-state index contributed by atoms with van der Waals surface area (Å²) in [5, 5.41) is 0. The van der Waals surface area contributed by atoms with E-state index in [4.69, 9.17) is 20.6 Å². The van der Waals surface area contributed by atoms with E-state index in [9.17, 15) is 0 Å². The number of ether oxygens (including phenoxy) is 3. The molecule has 3 nitrogen and oxygen atoms in total. The fourth-order valence-electron chi connectivity index (χ4n) is 1.21. The van der Waals surface area contributed by atoms with Crippen molar-refractivity contribution < 1.29 is 14.2 Å². The van der Waals surface area contributed by atoms with E-state index in [2.05, 4.69) is 5.92 Å². The quantitative estimate of drug-likeness (QED) is 0.605. The zero-order valence-corrected chi connectivity index (χ0v) is 7.16. The summed E-state index contributed by atoms with van der Waals surface area (Å²) >= 11 is 0. The summed E-state index contributed by atoms with van der Waals surface area (Å²) in [4.78, 5) is 0. The lowest BCUT2D eigenvalue weighted by Crippen LogP contribution is -1.92. The molecule has 1 aliphatic rings. The van der Waals surface area contributed by atoms with Crippen molar-refractivity contribution in [3.63, 3.8) is 0 Å². The monoisotopic (exact) mass is 176 g/mol. The lowest BCUT2D eigenvalue weighted by molar-refractivity contribution is 0.174. The van der Waals surface area contributed by atoms with Crippen molar-refractivity contribution in [2.45, 2.75) is 0 Å². The summed E-state index contributed by atoms with van der Waals surface area (Å²) in [6.45, 7) is 0.243. The molecule has 2 rings (SSSR count). The van der Waals surface area contributed by atoms with E-state index in [1.165, 1.54) is 0 Å². The third-order valence-electron chi connectivity index (χ3n) is 1.85. The Labute approximate surface area is 76.2 Å². The van der Waals surface area contributed by atoms with Crippen molar-refractivity contribution >= 4 is 0 Å². The Balaban J connectivity index is 2.55. The second-order valence-corrected chi connectivity index (χ2v) is 2.55. The van der Waals surface area contributed by atoms with Gasteiger partial charge in [-0.15, -0.1) is 6.42 Å². The number of rotatable bonds is 1. The predicted molar refractivity (Wildman–Crippen MR) is 47.1 cm³/mol. The van der Waals surface area contributed by atoms with Crippen LogP contribution in [0, 0.1) is 12.3 Å². The number of methoxy groups -OCH3 is 1. The normalized spacial score (nSPS) is 12.3. The highest BCUT2D eigenvalue weighted by atomic mass is 16.7. The molecule has 0 saturated heterocycles. The zero-order valence-electron chi connectivity index (χ0n) is 7.16. The van der Waals surface area contributed by atoms with Gasteiger partial charge in [0.25, 0.3) is 0 Å². The molecule has 1 heterocycles. The molecule has 0 amide bonds. The van der Waals surface area contributed by atoms with E-state index >= 15 is 0 Å². The number of terminal acetylenes is 1. The summed E-state index contributed by atoms with van der Waals surface area (Å²) in [5.41, 5.74) is 0.673. The Kier molecular flexibility index (Phi) is 1.75. The highest BCUT2D eigenvalue weighted by Gasteiger charge is 2.16. The van der Waals surface area contributed by atoms with Crippen molar-refractivity contribution in [3.05, 3.63) is 17.7 Å². The number of hydrogen-bond donors (Lipinski definition) is 0. The molecule has 13 heavy (non-hydrogen) atoms. The lowest BCUT2D eigenvalue weighted by atomic mass is 10.2. The summed E-state index contributed by atoms with van der Waals surface area (Å²) in [6.07, 6.45) is 5.29. The minimum Gasteiger partial charge on any atom is -0.495 e. The molecule has 0 saturated carbocycles. The van der Waals surface area contributed by atoms with Crippen LogP contribution in [-0.2, 0) is 0 Å². The van der Waals surface area contributed by atoms with Gasteiger partial charge in [0, 0.05) is 12.1 Å². The van der Waals surface area contributed by atoms with Crippen LogP contribution in [0.2, 0.25) is 0 Å². The van der Waals surface area contributed by atoms with Gasteiger partial charge in [-0.25, -0.2) is 0 Å². The first kappa shape index (κ1) is 7.81. The average Bonchev–Trinajstić information content (AvgIpc) is 2.62. The molecule has 1 aromatic rings. The van der Waals surface area contributed by atoms with E-state index in [0.29, 0.717) is 22.8 Å². The molecule has 1 aliphatic heterocycles. The van der Waals surface area contributed by atoms with E-state index in [0.717, 1.165) is 0 Å². The first-order valence-corrected chi connectivity index (χ1v) is 3.79. The van der Waals surface area contributed by atoms with Gasteiger partial charge in [0.1, 0.15) is 5.75 Å². The van der Waals surface area contributed by atoms with Crippen LogP contribution in [0.4, 0.5) is 0 Å². The van der Waals surface area contributed by atoms with E-state index in [-0.39, 0.29) is 6.79 Å². The molecule has 0 bridgehead atoms. The van der Waals surface area contributed by atoms with E-state index < -0.39 is 0 Å². The summed E-state index contributed by atoms with van der Waals surface area (Å²) in [5.74, 6) is 4.50. The maximum atomic E-state index is 5.29. The Bertz CT molecular complexity index is 376. The average molecular weight is 176 g/mol. The Morgan fingerprint density at radius 3 is 2.69 bits per heavy atom. The third-order valence-corrected chi connectivity index (χ3v) is 1.85. The molecule has 0 spiro atoms. The van der Waals surface area contributed by atoms with Crippen LogP contribution < -0.4 is 14.2 Å². The minimum absolute atomic E-state index is 0.243. The summed E-state index contributed by atoms with van der Waals surface area (Å²) in [6, 6.07) is 3.47.